The largest absolute Gasteiger partial charge is 2.00 e. The second-order valence-electron chi connectivity index (χ2n) is 3.12. The van der Waals surface area contributed by atoms with Crippen molar-refractivity contribution >= 4 is 23.1 Å². The molecule has 64 valence electrons. The molecule has 0 saturated heterocycles. The van der Waals surface area contributed by atoms with Gasteiger partial charge in [-0.3, -0.25) is 0 Å². The average molecular weight is 167 g/mol. The Morgan fingerprint density at radius 3 is 0.818 bits per heavy atom. The smallest absolute Gasteiger partial charge is 0.320 e. The van der Waals surface area contributed by atoms with Crippen LogP contribution in [0.5, 0.6) is 0 Å². The zero-order chi connectivity index (χ0) is 8.57. The molecule has 0 fully saturated rings. The molecule has 0 atom stereocenters. The summed E-state index contributed by atoms with van der Waals surface area (Å²) in [7, 11) is 0. The van der Waals surface area contributed by atoms with Gasteiger partial charge in [-0.05, 0) is 0 Å². The standard InChI is InChI=1S/2C5H11.Mg/c2*1-4-5(2)3;/h2*4H2,1-3H3;/q2*-1;+2. The number of hydrogen-bond acceptors (Lipinski definition) is 0. The fourth-order valence-corrected chi connectivity index (χ4v) is 0. The Kier molecular flexibility index (Phi) is 21.6. The van der Waals surface area contributed by atoms with E-state index in [1.807, 2.05) is 0 Å². The molecule has 1 heteroatoms. The molecule has 0 saturated carbocycles. The minimum absolute atomic E-state index is 0. The maximum absolute atomic E-state index is 2.16. The third kappa shape index (κ3) is 36.4. The molecule has 11 heavy (non-hydrogen) atoms. The van der Waals surface area contributed by atoms with Crippen LogP contribution in [-0.4, -0.2) is 23.1 Å². The van der Waals surface area contributed by atoms with E-state index in [1.165, 1.54) is 24.7 Å². The van der Waals surface area contributed by atoms with Crippen LogP contribution in [0, 0.1) is 11.8 Å². The number of rotatable bonds is 2. The predicted octanol–water partition coefficient (Wildman–Crippen LogP) is 3.64. The van der Waals surface area contributed by atoms with Crippen LogP contribution < -0.4 is 0 Å². The first-order valence-electron chi connectivity index (χ1n) is 4.12. The first kappa shape index (κ1) is 17.7. The molecule has 0 rings (SSSR count). The maximum atomic E-state index is 2.16. The third-order valence-corrected chi connectivity index (χ3v) is 1.41. The summed E-state index contributed by atoms with van der Waals surface area (Å²) < 4.78 is 0. The second kappa shape index (κ2) is 13.4. The van der Waals surface area contributed by atoms with Crippen molar-refractivity contribution in [3.63, 3.8) is 0 Å². The molecule has 0 unspecified atom stereocenters. The van der Waals surface area contributed by atoms with E-state index in [1.54, 1.807) is 0 Å². The van der Waals surface area contributed by atoms with Gasteiger partial charge in [0, 0.05) is 0 Å². The molecule has 0 aliphatic heterocycles. The Morgan fingerprint density at radius 2 is 0.818 bits per heavy atom. The molecule has 0 amide bonds. The molecule has 0 aromatic heterocycles. The SMILES string of the molecule is CC[C-](C)C.CC[C-](C)C.[Mg+2]. The summed E-state index contributed by atoms with van der Waals surface area (Å²) in [6.07, 6.45) is 2.44. The van der Waals surface area contributed by atoms with Crippen LogP contribution in [0.15, 0.2) is 0 Å². The average Bonchev–Trinajstić information content (AvgIpc) is 1.89. The molecule has 0 aliphatic carbocycles. The van der Waals surface area contributed by atoms with E-state index in [-0.39, 0.29) is 23.1 Å². The fraction of sp³-hybridized carbons (Fsp3) is 0.800. The molecular weight excluding hydrogens is 144 g/mol. The molecule has 0 heterocycles. The van der Waals surface area contributed by atoms with Gasteiger partial charge >= 0.3 is 23.1 Å². The van der Waals surface area contributed by atoms with Crippen molar-refractivity contribution in [1.82, 2.24) is 0 Å². The van der Waals surface area contributed by atoms with Crippen LogP contribution >= 0.6 is 0 Å². The molecule has 0 bridgehead atoms. The minimum atomic E-state index is 0. The van der Waals surface area contributed by atoms with E-state index in [9.17, 15) is 0 Å². The molecular formula is C10H22Mg. The van der Waals surface area contributed by atoms with Crippen molar-refractivity contribution in [3.8, 4) is 0 Å². The quantitative estimate of drug-likeness (QED) is 0.434. The Bertz CT molecular complexity index is 40.8. The second-order valence-corrected chi connectivity index (χ2v) is 3.12. The summed E-state index contributed by atoms with van der Waals surface area (Å²) in [4.78, 5) is 0. The van der Waals surface area contributed by atoms with Crippen molar-refractivity contribution in [2.75, 3.05) is 0 Å². The Labute approximate surface area is 89.3 Å². The zero-order valence-corrected chi connectivity index (χ0v) is 10.5. The van der Waals surface area contributed by atoms with E-state index in [0.717, 1.165) is 0 Å². The van der Waals surface area contributed by atoms with Crippen LogP contribution in [0.4, 0.5) is 0 Å². The molecule has 0 nitrogen and oxygen atoms in total. The van der Waals surface area contributed by atoms with E-state index in [2.05, 4.69) is 41.5 Å². The van der Waals surface area contributed by atoms with Crippen LogP contribution in [0.3, 0.4) is 0 Å². The molecule has 0 aromatic carbocycles. The van der Waals surface area contributed by atoms with Crippen LogP contribution in [0.2, 0.25) is 0 Å². The van der Waals surface area contributed by atoms with Gasteiger partial charge in [-0.25, -0.2) is 0 Å². The van der Waals surface area contributed by atoms with Crippen molar-refractivity contribution < 1.29 is 0 Å². The monoisotopic (exact) mass is 166 g/mol. The number of hydrogen-bond donors (Lipinski definition) is 0. The van der Waals surface area contributed by atoms with Crippen LogP contribution in [-0.2, 0) is 0 Å². The topological polar surface area (TPSA) is 0 Å². The summed E-state index contributed by atoms with van der Waals surface area (Å²) in [6, 6.07) is 0. The van der Waals surface area contributed by atoms with Gasteiger partial charge in [0.25, 0.3) is 0 Å². The van der Waals surface area contributed by atoms with Gasteiger partial charge in [0.1, 0.15) is 0 Å². The minimum Gasteiger partial charge on any atom is -0.320 e. The van der Waals surface area contributed by atoms with Crippen molar-refractivity contribution in [1.29, 1.82) is 0 Å². The van der Waals surface area contributed by atoms with E-state index >= 15 is 0 Å². The maximum Gasteiger partial charge on any atom is 2.00 e. The zero-order valence-electron chi connectivity index (χ0n) is 9.12. The van der Waals surface area contributed by atoms with Crippen molar-refractivity contribution in [2.45, 2.75) is 54.4 Å². The van der Waals surface area contributed by atoms with Crippen molar-refractivity contribution in [2.24, 2.45) is 0 Å². The van der Waals surface area contributed by atoms with Gasteiger partial charge in [0.15, 0.2) is 0 Å². The summed E-state index contributed by atoms with van der Waals surface area (Å²) in [6.45, 7) is 12.9. The van der Waals surface area contributed by atoms with Gasteiger partial charge in [-0.2, -0.15) is 40.5 Å². The summed E-state index contributed by atoms with van der Waals surface area (Å²) in [5.41, 5.74) is 0. The molecule has 0 radical (unpaired) electrons. The van der Waals surface area contributed by atoms with Crippen LogP contribution in [0.1, 0.15) is 54.4 Å². The van der Waals surface area contributed by atoms with Gasteiger partial charge in [0.2, 0.25) is 0 Å². The Morgan fingerprint density at radius 1 is 0.727 bits per heavy atom. The Hall–Kier alpha value is 0.766. The van der Waals surface area contributed by atoms with Gasteiger partial charge in [-0.1, -0.05) is 13.8 Å². The van der Waals surface area contributed by atoms with E-state index < -0.39 is 0 Å². The van der Waals surface area contributed by atoms with Gasteiger partial charge in [-0.15, -0.1) is 0 Å². The molecule has 0 aliphatic rings. The Balaban J connectivity index is -0.000000107. The molecule has 0 N–H and O–H groups in total. The van der Waals surface area contributed by atoms with Crippen molar-refractivity contribution in [3.05, 3.63) is 11.8 Å². The summed E-state index contributed by atoms with van der Waals surface area (Å²) in [5, 5.41) is 0. The van der Waals surface area contributed by atoms with E-state index in [0.29, 0.717) is 0 Å². The normalized spacial score (nSPS) is 8.73. The summed E-state index contributed by atoms with van der Waals surface area (Å²) in [5.74, 6) is 3.01. The van der Waals surface area contributed by atoms with Crippen LogP contribution in [0.25, 0.3) is 0 Å². The molecule has 0 aromatic rings. The first-order valence-corrected chi connectivity index (χ1v) is 4.12. The predicted molar refractivity (Wildman–Crippen MR) is 55.5 cm³/mol. The van der Waals surface area contributed by atoms with E-state index in [4.69, 9.17) is 0 Å². The first-order chi connectivity index (χ1) is 4.54. The third-order valence-electron chi connectivity index (χ3n) is 1.41. The fourth-order valence-electron chi connectivity index (χ4n) is 0. The summed E-state index contributed by atoms with van der Waals surface area (Å²) >= 11 is 0. The van der Waals surface area contributed by atoms with Gasteiger partial charge < -0.3 is 11.8 Å². The van der Waals surface area contributed by atoms with Gasteiger partial charge in [0.05, 0.1) is 0 Å². The molecule has 0 spiro atoms.